The second-order valence-electron chi connectivity index (χ2n) is 5.39. The molecule has 0 aromatic heterocycles. The molecule has 112 valence electrons. The molecule has 5 nitrogen and oxygen atoms in total. The molecule has 1 aliphatic carbocycles. The minimum atomic E-state index is 0.311. The zero-order chi connectivity index (χ0) is 14.1. The molecular weight excluding hydrogens is 242 g/mol. The maximum atomic E-state index is 8.65. The van der Waals surface area contributed by atoms with Crippen molar-refractivity contribution >= 4 is 5.84 Å². The third kappa shape index (κ3) is 5.37. The van der Waals surface area contributed by atoms with Crippen LogP contribution in [-0.4, -0.2) is 48.8 Å². The Morgan fingerprint density at radius 1 is 1.37 bits per heavy atom. The maximum absolute atomic E-state index is 8.65. The van der Waals surface area contributed by atoms with E-state index in [1.807, 2.05) is 0 Å². The van der Waals surface area contributed by atoms with Gasteiger partial charge < -0.3 is 15.7 Å². The first-order valence-corrected chi connectivity index (χ1v) is 7.42. The molecule has 5 heteroatoms. The van der Waals surface area contributed by atoms with Gasteiger partial charge in [-0.05, 0) is 18.8 Å². The van der Waals surface area contributed by atoms with Crippen LogP contribution in [0.5, 0.6) is 0 Å². The topological polar surface area (TPSA) is 71.1 Å². The summed E-state index contributed by atoms with van der Waals surface area (Å²) in [4.78, 5) is 2.47. The van der Waals surface area contributed by atoms with Gasteiger partial charge in [0.1, 0.15) is 5.84 Å². The number of oxime groups is 1. The van der Waals surface area contributed by atoms with Gasteiger partial charge in [-0.25, -0.2) is 0 Å². The zero-order valence-corrected chi connectivity index (χ0v) is 12.3. The summed E-state index contributed by atoms with van der Waals surface area (Å²) in [6, 6.07) is 0.625. The molecule has 0 bridgehead atoms. The Morgan fingerprint density at radius 3 is 2.74 bits per heavy atom. The summed E-state index contributed by atoms with van der Waals surface area (Å²) in [5, 5.41) is 11.7. The second kappa shape index (κ2) is 9.15. The minimum Gasteiger partial charge on any atom is -0.409 e. The summed E-state index contributed by atoms with van der Waals surface area (Å²) in [6.07, 6.45) is 7.11. The van der Waals surface area contributed by atoms with Gasteiger partial charge in [0.05, 0.1) is 6.61 Å². The van der Waals surface area contributed by atoms with E-state index >= 15 is 0 Å². The molecule has 19 heavy (non-hydrogen) atoms. The number of nitrogens with zero attached hydrogens (tertiary/aromatic N) is 2. The van der Waals surface area contributed by atoms with Crippen molar-refractivity contribution in [3.8, 4) is 0 Å². The molecule has 0 aliphatic heterocycles. The Kier molecular flexibility index (Phi) is 7.82. The number of ether oxygens (including phenoxy) is 1. The molecule has 1 aliphatic rings. The number of nitrogens with two attached hydrogens (primary N) is 1. The molecule has 1 fully saturated rings. The number of hydrogen-bond acceptors (Lipinski definition) is 4. The van der Waals surface area contributed by atoms with Crippen LogP contribution in [0.3, 0.4) is 0 Å². The molecule has 0 aromatic carbocycles. The SMILES string of the molecule is CCC1CCCCC1N(CCOC)CCC(N)=NO. The molecule has 0 amide bonds. The highest BCUT2D eigenvalue weighted by Crippen LogP contribution is 2.30. The lowest BCUT2D eigenvalue weighted by Crippen LogP contribution is -2.45. The summed E-state index contributed by atoms with van der Waals surface area (Å²) in [5.74, 6) is 1.09. The lowest BCUT2D eigenvalue weighted by molar-refractivity contribution is 0.0714. The Labute approximate surface area is 116 Å². The van der Waals surface area contributed by atoms with E-state index in [-0.39, 0.29) is 0 Å². The van der Waals surface area contributed by atoms with E-state index in [0.29, 0.717) is 18.3 Å². The van der Waals surface area contributed by atoms with Gasteiger partial charge in [0, 0.05) is 32.7 Å². The molecule has 2 unspecified atom stereocenters. The number of methoxy groups -OCH3 is 1. The summed E-state index contributed by atoms with van der Waals surface area (Å²) < 4.78 is 5.21. The van der Waals surface area contributed by atoms with E-state index in [2.05, 4.69) is 17.0 Å². The lowest BCUT2D eigenvalue weighted by atomic mass is 9.82. The van der Waals surface area contributed by atoms with Crippen LogP contribution in [0.4, 0.5) is 0 Å². The molecule has 1 saturated carbocycles. The first-order valence-electron chi connectivity index (χ1n) is 7.42. The van der Waals surface area contributed by atoms with Gasteiger partial charge >= 0.3 is 0 Å². The predicted molar refractivity (Wildman–Crippen MR) is 77.5 cm³/mol. The van der Waals surface area contributed by atoms with Gasteiger partial charge in [0.25, 0.3) is 0 Å². The standard InChI is InChI=1S/C14H29N3O2/c1-3-12-6-4-5-7-13(12)17(10-11-19-2)9-8-14(15)16-18/h12-13,18H,3-11H2,1-2H3,(H2,15,16). The van der Waals surface area contributed by atoms with Crippen molar-refractivity contribution in [3.05, 3.63) is 0 Å². The van der Waals surface area contributed by atoms with Gasteiger partial charge in [-0.3, -0.25) is 4.90 Å². The fourth-order valence-electron chi connectivity index (χ4n) is 3.11. The largest absolute Gasteiger partial charge is 0.409 e. The van der Waals surface area contributed by atoms with Crippen LogP contribution in [0.1, 0.15) is 45.4 Å². The van der Waals surface area contributed by atoms with E-state index in [9.17, 15) is 0 Å². The Morgan fingerprint density at radius 2 is 2.11 bits per heavy atom. The average Bonchev–Trinajstić information content (AvgIpc) is 2.47. The van der Waals surface area contributed by atoms with E-state index in [0.717, 1.165) is 25.6 Å². The highest BCUT2D eigenvalue weighted by molar-refractivity contribution is 5.79. The van der Waals surface area contributed by atoms with E-state index in [4.69, 9.17) is 15.7 Å². The first kappa shape index (κ1) is 16.2. The van der Waals surface area contributed by atoms with Crippen LogP contribution in [0.15, 0.2) is 5.16 Å². The van der Waals surface area contributed by atoms with Gasteiger partial charge in [-0.2, -0.15) is 0 Å². The van der Waals surface area contributed by atoms with Gasteiger partial charge in [-0.1, -0.05) is 31.3 Å². The van der Waals surface area contributed by atoms with Gasteiger partial charge in [0.15, 0.2) is 0 Å². The summed E-state index contributed by atoms with van der Waals surface area (Å²) >= 11 is 0. The Balaban J connectivity index is 2.59. The fraction of sp³-hybridized carbons (Fsp3) is 0.929. The zero-order valence-electron chi connectivity index (χ0n) is 12.3. The number of hydrogen-bond donors (Lipinski definition) is 2. The fourth-order valence-corrected chi connectivity index (χ4v) is 3.11. The molecule has 2 atom stereocenters. The quantitative estimate of drug-likeness (QED) is 0.307. The molecule has 0 aromatic rings. The molecule has 0 saturated heterocycles. The van der Waals surface area contributed by atoms with Crippen molar-refractivity contribution in [1.29, 1.82) is 0 Å². The van der Waals surface area contributed by atoms with Crippen LogP contribution >= 0.6 is 0 Å². The van der Waals surface area contributed by atoms with E-state index < -0.39 is 0 Å². The maximum Gasteiger partial charge on any atom is 0.140 e. The van der Waals surface area contributed by atoms with Crippen LogP contribution in [0, 0.1) is 5.92 Å². The number of rotatable bonds is 8. The summed E-state index contributed by atoms with van der Waals surface area (Å²) in [6.45, 7) is 4.79. The Hall–Kier alpha value is -0.810. The van der Waals surface area contributed by atoms with E-state index in [1.54, 1.807) is 7.11 Å². The van der Waals surface area contributed by atoms with Crippen LogP contribution in [0.25, 0.3) is 0 Å². The smallest absolute Gasteiger partial charge is 0.140 e. The van der Waals surface area contributed by atoms with Crippen LogP contribution in [-0.2, 0) is 4.74 Å². The van der Waals surface area contributed by atoms with Gasteiger partial charge in [-0.15, -0.1) is 0 Å². The van der Waals surface area contributed by atoms with Crippen molar-refractivity contribution in [1.82, 2.24) is 4.90 Å². The van der Waals surface area contributed by atoms with Crippen molar-refractivity contribution in [3.63, 3.8) is 0 Å². The third-order valence-corrected chi connectivity index (χ3v) is 4.23. The molecule has 3 N–H and O–H groups in total. The lowest BCUT2D eigenvalue weighted by Gasteiger charge is -2.39. The summed E-state index contributed by atoms with van der Waals surface area (Å²) in [7, 11) is 1.74. The predicted octanol–water partition coefficient (Wildman–Crippen LogP) is 2.04. The second-order valence-corrected chi connectivity index (χ2v) is 5.39. The van der Waals surface area contributed by atoms with Crippen molar-refractivity contribution in [2.24, 2.45) is 16.8 Å². The normalized spacial score (nSPS) is 24.9. The highest BCUT2D eigenvalue weighted by Gasteiger charge is 2.28. The van der Waals surface area contributed by atoms with Crippen LogP contribution < -0.4 is 5.73 Å². The monoisotopic (exact) mass is 271 g/mol. The van der Waals surface area contributed by atoms with E-state index in [1.165, 1.54) is 32.1 Å². The molecule has 1 rings (SSSR count). The molecular formula is C14H29N3O2. The third-order valence-electron chi connectivity index (χ3n) is 4.23. The Bertz CT molecular complexity index is 271. The molecule has 0 heterocycles. The number of amidine groups is 1. The van der Waals surface area contributed by atoms with Crippen molar-refractivity contribution < 1.29 is 9.94 Å². The first-order chi connectivity index (χ1) is 9.22. The van der Waals surface area contributed by atoms with Crippen molar-refractivity contribution in [2.45, 2.75) is 51.5 Å². The minimum absolute atomic E-state index is 0.311. The van der Waals surface area contributed by atoms with Gasteiger partial charge in [0.2, 0.25) is 0 Å². The molecule has 0 spiro atoms. The highest BCUT2D eigenvalue weighted by atomic mass is 16.5. The van der Waals surface area contributed by atoms with Crippen LogP contribution in [0.2, 0.25) is 0 Å². The molecule has 0 radical (unpaired) electrons. The summed E-state index contributed by atoms with van der Waals surface area (Å²) in [5.41, 5.74) is 5.59. The average molecular weight is 271 g/mol. The van der Waals surface area contributed by atoms with Crippen molar-refractivity contribution in [2.75, 3.05) is 26.8 Å².